The van der Waals surface area contributed by atoms with E-state index in [2.05, 4.69) is 19.2 Å². The molecule has 3 heteroatoms. The third-order valence-corrected chi connectivity index (χ3v) is 1.93. The summed E-state index contributed by atoms with van der Waals surface area (Å²) in [5.41, 5.74) is 5.01. The molecule has 0 aromatic heterocycles. The van der Waals surface area contributed by atoms with Crippen LogP contribution in [0.3, 0.4) is 0 Å². The van der Waals surface area contributed by atoms with Crippen LogP contribution in [-0.4, -0.2) is 19.0 Å². The van der Waals surface area contributed by atoms with Gasteiger partial charge in [0.1, 0.15) is 0 Å². The largest absolute Gasteiger partial charge is 0.370 e. The highest BCUT2D eigenvalue weighted by atomic mass is 16.1. The molecule has 0 saturated heterocycles. The van der Waals surface area contributed by atoms with Crippen LogP contribution in [0.25, 0.3) is 0 Å². The molecule has 3 N–H and O–H groups in total. The summed E-state index contributed by atoms with van der Waals surface area (Å²) in [7, 11) is 0. The Morgan fingerprint density at radius 3 is 2.54 bits per heavy atom. The zero-order chi connectivity index (χ0) is 10.1. The average Bonchev–Trinajstić information content (AvgIpc) is 2.01. The molecule has 0 heterocycles. The van der Waals surface area contributed by atoms with E-state index in [1.807, 2.05) is 0 Å². The third-order valence-electron chi connectivity index (χ3n) is 1.93. The Kier molecular flexibility index (Phi) is 7.69. The summed E-state index contributed by atoms with van der Waals surface area (Å²) in [5.74, 6) is 0.570. The SMILES string of the molecule is CC(C)CCNCCCCC(N)=O. The normalized spacial score (nSPS) is 10.7. The van der Waals surface area contributed by atoms with Crippen LogP contribution in [0.1, 0.15) is 39.5 Å². The van der Waals surface area contributed by atoms with E-state index in [4.69, 9.17) is 5.73 Å². The maximum atomic E-state index is 10.4. The minimum absolute atomic E-state index is 0.192. The number of carbonyl (C=O) groups excluding carboxylic acids is 1. The number of primary amides is 1. The number of amides is 1. The van der Waals surface area contributed by atoms with Crippen molar-refractivity contribution in [3.8, 4) is 0 Å². The Morgan fingerprint density at radius 2 is 2.00 bits per heavy atom. The first-order chi connectivity index (χ1) is 6.13. The molecule has 0 saturated carbocycles. The maximum Gasteiger partial charge on any atom is 0.217 e. The zero-order valence-electron chi connectivity index (χ0n) is 8.81. The molecule has 0 bridgehead atoms. The highest BCUT2D eigenvalue weighted by Gasteiger charge is 1.95. The molecule has 3 nitrogen and oxygen atoms in total. The van der Waals surface area contributed by atoms with Crippen LogP contribution in [0.5, 0.6) is 0 Å². The number of carbonyl (C=O) groups is 1. The summed E-state index contributed by atoms with van der Waals surface area (Å²) < 4.78 is 0. The summed E-state index contributed by atoms with van der Waals surface area (Å²) >= 11 is 0. The monoisotopic (exact) mass is 186 g/mol. The predicted molar refractivity (Wildman–Crippen MR) is 55.4 cm³/mol. The fourth-order valence-electron chi connectivity index (χ4n) is 1.06. The highest BCUT2D eigenvalue weighted by molar-refractivity contribution is 5.73. The van der Waals surface area contributed by atoms with Crippen molar-refractivity contribution in [2.45, 2.75) is 39.5 Å². The first kappa shape index (κ1) is 12.4. The molecule has 0 aromatic carbocycles. The molecule has 78 valence electrons. The molecular formula is C10H22N2O. The molecule has 0 rings (SSSR count). The van der Waals surface area contributed by atoms with Crippen LogP contribution in [0, 0.1) is 5.92 Å². The Labute approximate surface area is 81.1 Å². The molecule has 1 amide bonds. The summed E-state index contributed by atoms with van der Waals surface area (Å²) in [5, 5.41) is 3.34. The lowest BCUT2D eigenvalue weighted by Crippen LogP contribution is -2.18. The van der Waals surface area contributed by atoms with Gasteiger partial charge in [-0.25, -0.2) is 0 Å². The summed E-state index contributed by atoms with van der Waals surface area (Å²) in [6.45, 7) is 6.51. The standard InChI is InChI=1S/C10H22N2O/c1-9(2)6-8-12-7-4-3-5-10(11)13/h9,12H,3-8H2,1-2H3,(H2,11,13). The lowest BCUT2D eigenvalue weighted by molar-refractivity contribution is -0.118. The van der Waals surface area contributed by atoms with Crippen LogP contribution < -0.4 is 11.1 Å². The van der Waals surface area contributed by atoms with Crippen molar-refractivity contribution < 1.29 is 4.79 Å². The second-order valence-corrected chi connectivity index (χ2v) is 3.86. The summed E-state index contributed by atoms with van der Waals surface area (Å²) in [4.78, 5) is 10.4. The Balaban J connectivity index is 2.96. The van der Waals surface area contributed by atoms with Crippen molar-refractivity contribution in [1.82, 2.24) is 5.32 Å². The molecular weight excluding hydrogens is 164 g/mol. The fourth-order valence-corrected chi connectivity index (χ4v) is 1.06. The van der Waals surface area contributed by atoms with Gasteiger partial charge in [0.25, 0.3) is 0 Å². The van der Waals surface area contributed by atoms with Gasteiger partial charge in [-0.05, 0) is 38.3 Å². The molecule has 0 aliphatic heterocycles. The van der Waals surface area contributed by atoms with Crippen LogP contribution in [0.4, 0.5) is 0 Å². The number of unbranched alkanes of at least 4 members (excludes halogenated alkanes) is 1. The van der Waals surface area contributed by atoms with Crippen molar-refractivity contribution in [1.29, 1.82) is 0 Å². The van der Waals surface area contributed by atoms with Gasteiger partial charge in [0.2, 0.25) is 5.91 Å². The molecule has 0 spiro atoms. The highest BCUT2D eigenvalue weighted by Crippen LogP contribution is 1.97. The summed E-state index contributed by atoms with van der Waals surface area (Å²) in [6, 6.07) is 0. The maximum absolute atomic E-state index is 10.4. The van der Waals surface area contributed by atoms with Crippen molar-refractivity contribution >= 4 is 5.91 Å². The lowest BCUT2D eigenvalue weighted by Gasteiger charge is -2.05. The van der Waals surface area contributed by atoms with Gasteiger partial charge in [-0.15, -0.1) is 0 Å². The molecule has 0 radical (unpaired) electrons. The average molecular weight is 186 g/mol. The van der Waals surface area contributed by atoms with E-state index in [1.54, 1.807) is 0 Å². The lowest BCUT2D eigenvalue weighted by atomic mass is 10.1. The van der Waals surface area contributed by atoms with Crippen LogP contribution in [0.2, 0.25) is 0 Å². The van der Waals surface area contributed by atoms with Gasteiger partial charge in [0.15, 0.2) is 0 Å². The van der Waals surface area contributed by atoms with Crippen molar-refractivity contribution in [3.63, 3.8) is 0 Å². The van der Waals surface area contributed by atoms with Crippen molar-refractivity contribution in [2.75, 3.05) is 13.1 Å². The van der Waals surface area contributed by atoms with Crippen molar-refractivity contribution in [2.24, 2.45) is 11.7 Å². The molecule has 0 fully saturated rings. The van der Waals surface area contributed by atoms with E-state index in [0.29, 0.717) is 6.42 Å². The summed E-state index contributed by atoms with van der Waals surface area (Å²) in [6.07, 6.45) is 3.69. The number of hydrogen-bond donors (Lipinski definition) is 2. The van der Waals surface area contributed by atoms with E-state index in [-0.39, 0.29) is 5.91 Å². The second-order valence-electron chi connectivity index (χ2n) is 3.86. The van der Waals surface area contributed by atoms with E-state index in [9.17, 15) is 4.79 Å². The first-order valence-corrected chi connectivity index (χ1v) is 5.12. The van der Waals surface area contributed by atoms with Gasteiger partial charge in [-0.3, -0.25) is 4.79 Å². The quantitative estimate of drug-likeness (QED) is 0.561. The van der Waals surface area contributed by atoms with Gasteiger partial charge in [-0.2, -0.15) is 0 Å². The predicted octanol–water partition coefficient (Wildman–Crippen LogP) is 1.28. The molecule has 0 unspecified atom stereocenters. The van der Waals surface area contributed by atoms with Gasteiger partial charge in [0, 0.05) is 6.42 Å². The van der Waals surface area contributed by atoms with Gasteiger partial charge in [0.05, 0.1) is 0 Å². The number of hydrogen-bond acceptors (Lipinski definition) is 2. The smallest absolute Gasteiger partial charge is 0.217 e. The first-order valence-electron chi connectivity index (χ1n) is 5.12. The van der Waals surface area contributed by atoms with Crippen LogP contribution in [-0.2, 0) is 4.79 Å². The number of nitrogens with two attached hydrogens (primary N) is 1. The molecule has 0 aliphatic carbocycles. The van der Waals surface area contributed by atoms with Gasteiger partial charge >= 0.3 is 0 Å². The van der Waals surface area contributed by atoms with Crippen LogP contribution >= 0.6 is 0 Å². The second kappa shape index (κ2) is 8.05. The topological polar surface area (TPSA) is 55.1 Å². The van der Waals surface area contributed by atoms with Gasteiger partial charge in [-0.1, -0.05) is 13.8 Å². The van der Waals surface area contributed by atoms with Gasteiger partial charge < -0.3 is 11.1 Å². The fraction of sp³-hybridized carbons (Fsp3) is 0.900. The zero-order valence-corrected chi connectivity index (χ0v) is 8.81. The third kappa shape index (κ3) is 11.4. The van der Waals surface area contributed by atoms with E-state index in [0.717, 1.165) is 31.8 Å². The van der Waals surface area contributed by atoms with E-state index >= 15 is 0 Å². The molecule has 0 atom stereocenters. The molecule has 0 aliphatic rings. The Morgan fingerprint density at radius 1 is 1.31 bits per heavy atom. The minimum Gasteiger partial charge on any atom is -0.370 e. The van der Waals surface area contributed by atoms with Crippen molar-refractivity contribution in [3.05, 3.63) is 0 Å². The minimum atomic E-state index is -0.192. The van der Waals surface area contributed by atoms with Crippen LogP contribution in [0.15, 0.2) is 0 Å². The van der Waals surface area contributed by atoms with E-state index in [1.165, 1.54) is 6.42 Å². The number of nitrogens with one attached hydrogen (secondary N) is 1. The number of rotatable bonds is 8. The molecule has 0 aromatic rings. The Bertz CT molecular complexity index is 135. The van der Waals surface area contributed by atoms with E-state index < -0.39 is 0 Å². The molecule has 13 heavy (non-hydrogen) atoms. The Hall–Kier alpha value is -0.570.